The first-order chi connectivity index (χ1) is 12.2. The van der Waals surface area contributed by atoms with Gasteiger partial charge in [-0.25, -0.2) is 0 Å². The Labute approximate surface area is 161 Å². The molecule has 6 heteroatoms. The minimum absolute atomic E-state index is 0.0380. The van der Waals surface area contributed by atoms with Crippen LogP contribution in [0, 0.1) is 0 Å². The Hall–Kier alpha value is -1.50. The van der Waals surface area contributed by atoms with Crippen LogP contribution in [0.3, 0.4) is 0 Å². The van der Waals surface area contributed by atoms with E-state index < -0.39 is 0 Å². The first-order valence-electron chi connectivity index (χ1n) is 8.32. The van der Waals surface area contributed by atoms with E-state index in [-0.39, 0.29) is 5.91 Å². The zero-order valence-corrected chi connectivity index (χ0v) is 16.3. The van der Waals surface area contributed by atoms with Crippen molar-refractivity contribution in [1.29, 1.82) is 0 Å². The van der Waals surface area contributed by atoms with Crippen molar-refractivity contribution < 1.29 is 9.53 Å². The van der Waals surface area contributed by atoms with Crippen LogP contribution < -0.4 is 10.2 Å². The van der Waals surface area contributed by atoms with Gasteiger partial charge in [-0.1, -0.05) is 34.1 Å². The molecule has 0 saturated carbocycles. The number of thioether (sulfide) groups is 1. The number of nitrogens with zero attached hydrogens (tertiary/aromatic N) is 1. The van der Waals surface area contributed by atoms with E-state index >= 15 is 0 Å². The van der Waals surface area contributed by atoms with Crippen molar-refractivity contribution in [2.75, 3.05) is 42.3 Å². The average Bonchev–Trinajstić information content (AvgIpc) is 2.63. The number of carbonyl (C=O) groups is 1. The van der Waals surface area contributed by atoms with Crippen molar-refractivity contribution in [3.8, 4) is 0 Å². The Bertz CT molecular complexity index is 706. The molecule has 1 N–H and O–H groups in total. The van der Waals surface area contributed by atoms with Crippen LogP contribution in [-0.2, 0) is 9.53 Å². The van der Waals surface area contributed by atoms with Gasteiger partial charge < -0.3 is 15.0 Å². The summed E-state index contributed by atoms with van der Waals surface area (Å²) in [5, 5.41) is 3.07. The molecule has 2 aromatic carbocycles. The molecule has 1 aliphatic heterocycles. The predicted octanol–water partition coefficient (Wildman–Crippen LogP) is 4.41. The van der Waals surface area contributed by atoms with Crippen molar-refractivity contribution >= 4 is 45.0 Å². The van der Waals surface area contributed by atoms with Crippen LogP contribution in [0.1, 0.15) is 6.42 Å². The van der Waals surface area contributed by atoms with Gasteiger partial charge in [-0.05, 0) is 30.3 Å². The lowest BCUT2D eigenvalue weighted by molar-refractivity contribution is -0.115. The number of carbonyl (C=O) groups excluding carboxylic acids is 1. The number of rotatable bonds is 6. The van der Waals surface area contributed by atoms with Crippen LogP contribution >= 0.6 is 27.7 Å². The molecule has 0 radical (unpaired) electrons. The molecule has 0 unspecified atom stereocenters. The van der Waals surface area contributed by atoms with Gasteiger partial charge in [0.2, 0.25) is 5.91 Å². The highest BCUT2D eigenvalue weighted by Gasteiger charge is 2.16. The summed E-state index contributed by atoms with van der Waals surface area (Å²) < 4.78 is 6.38. The molecule has 0 spiro atoms. The van der Waals surface area contributed by atoms with E-state index in [4.69, 9.17) is 4.74 Å². The monoisotopic (exact) mass is 420 g/mol. The summed E-state index contributed by atoms with van der Waals surface area (Å²) in [5.41, 5.74) is 1.90. The molecule has 3 rings (SSSR count). The summed E-state index contributed by atoms with van der Waals surface area (Å²) in [7, 11) is 0. The van der Waals surface area contributed by atoms with E-state index in [1.165, 1.54) is 4.90 Å². The van der Waals surface area contributed by atoms with Crippen molar-refractivity contribution in [3.05, 3.63) is 53.0 Å². The fraction of sp³-hybridized carbons (Fsp3) is 0.316. The number of benzene rings is 2. The third-order valence-corrected chi connectivity index (χ3v) is 5.43. The van der Waals surface area contributed by atoms with Crippen LogP contribution in [0.2, 0.25) is 0 Å². The second-order valence-corrected chi connectivity index (χ2v) is 7.80. The van der Waals surface area contributed by atoms with Crippen molar-refractivity contribution in [2.24, 2.45) is 0 Å². The standard InChI is InChI=1S/C19H21BrN2O2S/c20-15-6-7-18(22-9-11-24-12-10-22)17(14-15)21-19(23)8-13-25-16-4-2-1-3-5-16/h1-7,14H,8-13H2,(H,21,23). The second-order valence-electron chi connectivity index (χ2n) is 5.72. The molecule has 0 atom stereocenters. The molecule has 0 bridgehead atoms. The quantitative estimate of drug-likeness (QED) is 0.702. The Morgan fingerprint density at radius 3 is 2.68 bits per heavy atom. The number of halogens is 1. The van der Waals surface area contributed by atoms with Crippen molar-refractivity contribution in [1.82, 2.24) is 0 Å². The second kappa shape index (κ2) is 9.27. The number of hydrogen-bond donors (Lipinski definition) is 1. The van der Waals surface area contributed by atoms with E-state index in [9.17, 15) is 4.79 Å². The first kappa shape index (κ1) is 18.3. The van der Waals surface area contributed by atoms with Gasteiger partial charge >= 0.3 is 0 Å². The summed E-state index contributed by atoms with van der Waals surface area (Å²) in [4.78, 5) is 15.8. The zero-order valence-electron chi connectivity index (χ0n) is 13.9. The number of hydrogen-bond acceptors (Lipinski definition) is 4. The van der Waals surface area contributed by atoms with E-state index in [2.05, 4.69) is 38.3 Å². The van der Waals surface area contributed by atoms with E-state index in [1.54, 1.807) is 11.8 Å². The Kier molecular flexibility index (Phi) is 6.78. The van der Waals surface area contributed by atoms with Crippen LogP contribution in [0.4, 0.5) is 11.4 Å². The van der Waals surface area contributed by atoms with Crippen molar-refractivity contribution in [2.45, 2.75) is 11.3 Å². The van der Waals surface area contributed by atoms with Crippen LogP contribution in [0.5, 0.6) is 0 Å². The zero-order chi connectivity index (χ0) is 17.5. The molecule has 1 amide bonds. The molecule has 1 aliphatic rings. The maximum atomic E-state index is 12.4. The molecular weight excluding hydrogens is 400 g/mol. The Balaban J connectivity index is 1.59. The summed E-state index contributed by atoms with van der Waals surface area (Å²) in [6.45, 7) is 3.12. The van der Waals surface area contributed by atoms with Crippen LogP contribution in [0.15, 0.2) is 57.9 Å². The molecule has 2 aromatic rings. The van der Waals surface area contributed by atoms with Crippen LogP contribution in [-0.4, -0.2) is 38.0 Å². The molecule has 1 saturated heterocycles. The lowest BCUT2D eigenvalue weighted by Gasteiger charge is -2.30. The maximum Gasteiger partial charge on any atom is 0.225 e. The molecule has 4 nitrogen and oxygen atoms in total. The number of morpholine rings is 1. The van der Waals surface area contributed by atoms with Gasteiger partial charge in [-0.15, -0.1) is 11.8 Å². The topological polar surface area (TPSA) is 41.6 Å². The highest BCUT2D eigenvalue weighted by atomic mass is 79.9. The molecular formula is C19H21BrN2O2S. The summed E-state index contributed by atoms with van der Waals surface area (Å²) >= 11 is 5.19. The number of amides is 1. The summed E-state index contributed by atoms with van der Waals surface area (Å²) in [5.74, 6) is 0.799. The summed E-state index contributed by atoms with van der Waals surface area (Å²) in [6, 6.07) is 16.2. The Morgan fingerprint density at radius 2 is 1.92 bits per heavy atom. The van der Waals surface area contributed by atoms with E-state index in [0.717, 1.165) is 47.9 Å². The van der Waals surface area contributed by atoms with E-state index in [0.29, 0.717) is 6.42 Å². The van der Waals surface area contributed by atoms with Gasteiger partial charge in [-0.2, -0.15) is 0 Å². The number of nitrogens with one attached hydrogen (secondary N) is 1. The lowest BCUT2D eigenvalue weighted by Crippen LogP contribution is -2.36. The molecule has 0 aromatic heterocycles. The van der Waals surface area contributed by atoms with Gasteiger partial charge in [-0.3, -0.25) is 4.79 Å². The van der Waals surface area contributed by atoms with Gasteiger partial charge in [0, 0.05) is 34.6 Å². The molecule has 0 aliphatic carbocycles. The smallest absolute Gasteiger partial charge is 0.225 e. The molecule has 1 fully saturated rings. The third kappa shape index (κ3) is 5.49. The third-order valence-electron chi connectivity index (χ3n) is 3.93. The minimum atomic E-state index is 0.0380. The predicted molar refractivity (Wildman–Crippen MR) is 108 cm³/mol. The normalized spacial score (nSPS) is 14.4. The van der Waals surface area contributed by atoms with Gasteiger partial charge in [0.15, 0.2) is 0 Å². The number of ether oxygens (including phenoxy) is 1. The SMILES string of the molecule is O=C(CCSc1ccccc1)Nc1cc(Br)ccc1N1CCOCC1. The minimum Gasteiger partial charge on any atom is -0.378 e. The highest BCUT2D eigenvalue weighted by Crippen LogP contribution is 2.30. The lowest BCUT2D eigenvalue weighted by atomic mass is 10.2. The van der Waals surface area contributed by atoms with Gasteiger partial charge in [0.1, 0.15) is 0 Å². The molecule has 132 valence electrons. The highest BCUT2D eigenvalue weighted by molar-refractivity contribution is 9.10. The fourth-order valence-corrected chi connectivity index (χ4v) is 3.91. The van der Waals surface area contributed by atoms with Gasteiger partial charge in [0.25, 0.3) is 0 Å². The molecule has 1 heterocycles. The average molecular weight is 421 g/mol. The first-order valence-corrected chi connectivity index (χ1v) is 10.1. The van der Waals surface area contributed by atoms with Crippen LogP contribution in [0.25, 0.3) is 0 Å². The number of anilines is 2. The fourth-order valence-electron chi connectivity index (χ4n) is 2.68. The van der Waals surface area contributed by atoms with E-state index in [1.807, 2.05) is 36.4 Å². The van der Waals surface area contributed by atoms with Gasteiger partial charge in [0.05, 0.1) is 24.6 Å². The summed E-state index contributed by atoms with van der Waals surface area (Å²) in [6.07, 6.45) is 0.481. The largest absolute Gasteiger partial charge is 0.378 e. The molecule has 25 heavy (non-hydrogen) atoms. The maximum absolute atomic E-state index is 12.4. The van der Waals surface area contributed by atoms with Crippen molar-refractivity contribution in [3.63, 3.8) is 0 Å². The Morgan fingerprint density at radius 1 is 1.16 bits per heavy atom.